The predicted octanol–water partition coefficient (Wildman–Crippen LogP) is 3.23. The second-order valence-corrected chi connectivity index (χ2v) is 5.57. The van der Waals surface area contributed by atoms with Gasteiger partial charge in [0.25, 0.3) is 0 Å². The van der Waals surface area contributed by atoms with Crippen LogP contribution in [-0.2, 0) is 0 Å². The quantitative estimate of drug-likeness (QED) is 0.664. The average Bonchev–Trinajstić information content (AvgIpc) is 2.73. The number of hydrogen-bond donors (Lipinski definition) is 2. The van der Waals surface area contributed by atoms with Crippen LogP contribution in [0.3, 0.4) is 0 Å². The first-order chi connectivity index (χ1) is 7.66. The van der Waals surface area contributed by atoms with Gasteiger partial charge < -0.3 is 5.73 Å². The Morgan fingerprint density at radius 3 is 2.94 bits per heavy atom. The van der Waals surface area contributed by atoms with E-state index in [2.05, 4.69) is 4.98 Å². The van der Waals surface area contributed by atoms with Crippen LogP contribution in [0.4, 0.5) is 0 Å². The van der Waals surface area contributed by atoms with Crippen molar-refractivity contribution in [3.63, 3.8) is 0 Å². The Kier molecular flexibility index (Phi) is 3.48. The minimum absolute atomic E-state index is 0.0153. The molecule has 0 aliphatic carbocycles. The maximum absolute atomic E-state index is 7.49. The van der Waals surface area contributed by atoms with Crippen molar-refractivity contribution in [2.75, 3.05) is 0 Å². The number of aromatic nitrogens is 1. The first-order valence-electron chi connectivity index (χ1n) is 4.38. The van der Waals surface area contributed by atoms with Crippen molar-refractivity contribution in [2.45, 2.75) is 9.24 Å². The van der Waals surface area contributed by atoms with E-state index < -0.39 is 0 Å². The standard InChI is InChI=1S/C10H8ClN3S2/c11-6-1-2-8(7(5-6)9(12)13)16-10-14-3-4-15-10/h1-5H,(H3,12,13). The Morgan fingerprint density at radius 2 is 2.31 bits per heavy atom. The van der Waals surface area contributed by atoms with Gasteiger partial charge in [0, 0.05) is 27.1 Å². The smallest absolute Gasteiger partial charge is 0.154 e. The number of nitrogens with two attached hydrogens (primary N) is 1. The van der Waals surface area contributed by atoms with Gasteiger partial charge in [-0.25, -0.2) is 4.98 Å². The maximum Gasteiger partial charge on any atom is 0.154 e. The molecule has 0 amide bonds. The molecule has 0 atom stereocenters. The van der Waals surface area contributed by atoms with E-state index in [1.807, 2.05) is 11.4 Å². The molecule has 2 rings (SSSR count). The first kappa shape index (κ1) is 11.4. The van der Waals surface area contributed by atoms with Crippen LogP contribution in [0.25, 0.3) is 0 Å². The summed E-state index contributed by atoms with van der Waals surface area (Å²) in [6.45, 7) is 0. The molecule has 0 aliphatic rings. The Labute approximate surface area is 106 Å². The van der Waals surface area contributed by atoms with E-state index in [0.717, 1.165) is 9.24 Å². The Balaban J connectivity index is 2.36. The van der Waals surface area contributed by atoms with Gasteiger partial charge in [0.1, 0.15) is 5.84 Å². The number of hydrogen-bond acceptors (Lipinski definition) is 4. The fourth-order valence-corrected chi connectivity index (χ4v) is 3.03. The molecule has 0 fully saturated rings. The van der Waals surface area contributed by atoms with E-state index in [-0.39, 0.29) is 5.84 Å². The van der Waals surface area contributed by atoms with Crippen LogP contribution in [0.1, 0.15) is 5.56 Å². The number of thiazole rings is 1. The minimum atomic E-state index is 0.0153. The predicted molar refractivity (Wildman–Crippen MR) is 68.7 cm³/mol. The highest BCUT2D eigenvalue weighted by molar-refractivity contribution is 8.01. The summed E-state index contributed by atoms with van der Waals surface area (Å²) >= 11 is 8.90. The van der Waals surface area contributed by atoms with Gasteiger partial charge in [0.15, 0.2) is 4.34 Å². The molecule has 0 radical (unpaired) electrons. The molecule has 0 spiro atoms. The largest absolute Gasteiger partial charge is 0.384 e. The van der Waals surface area contributed by atoms with Gasteiger partial charge in [-0.3, -0.25) is 5.41 Å². The zero-order valence-corrected chi connectivity index (χ0v) is 10.5. The number of nitrogens with zero attached hydrogens (tertiary/aromatic N) is 1. The summed E-state index contributed by atoms with van der Waals surface area (Å²) in [4.78, 5) is 5.07. The number of rotatable bonds is 3. The molecule has 3 N–H and O–H groups in total. The fourth-order valence-electron chi connectivity index (χ4n) is 1.16. The van der Waals surface area contributed by atoms with E-state index in [1.54, 1.807) is 29.7 Å². The fraction of sp³-hybridized carbons (Fsp3) is 0. The molecular formula is C10H8ClN3S2. The molecular weight excluding hydrogens is 262 g/mol. The van der Waals surface area contributed by atoms with Gasteiger partial charge in [-0.2, -0.15) is 0 Å². The molecule has 82 valence electrons. The van der Waals surface area contributed by atoms with Crippen molar-refractivity contribution < 1.29 is 0 Å². The van der Waals surface area contributed by atoms with Gasteiger partial charge in [0.05, 0.1) is 0 Å². The number of amidine groups is 1. The summed E-state index contributed by atoms with van der Waals surface area (Å²) in [5.41, 5.74) is 6.15. The zero-order chi connectivity index (χ0) is 11.5. The van der Waals surface area contributed by atoms with E-state index in [0.29, 0.717) is 10.6 Å². The van der Waals surface area contributed by atoms with Gasteiger partial charge in [-0.05, 0) is 18.2 Å². The minimum Gasteiger partial charge on any atom is -0.384 e. The zero-order valence-electron chi connectivity index (χ0n) is 8.11. The van der Waals surface area contributed by atoms with Crippen LogP contribution in [0, 0.1) is 5.41 Å². The molecule has 3 nitrogen and oxygen atoms in total. The van der Waals surface area contributed by atoms with Gasteiger partial charge >= 0.3 is 0 Å². The average molecular weight is 270 g/mol. The van der Waals surface area contributed by atoms with E-state index in [4.69, 9.17) is 22.7 Å². The van der Waals surface area contributed by atoms with Crippen LogP contribution < -0.4 is 5.73 Å². The van der Waals surface area contributed by atoms with E-state index >= 15 is 0 Å². The second-order valence-electron chi connectivity index (χ2n) is 2.95. The number of nitrogen functional groups attached to an aromatic ring is 1. The van der Waals surface area contributed by atoms with Gasteiger partial charge in [0.2, 0.25) is 0 Å². The molecule has 0 bridgehead atoms. The lowest BCUT2D eigenvalue weighted by Gasteiger charge is -2.06. The third kappa shape index (κ3) is 2.55. The third-order valence-electron chi connectivity index (χ3n) is 1.84. The Bertz CT molecular complexity index is 511. The second kappa shape index (κ2) is 4.86. The van der Waals surface area contributed by atoms with Crippen LogP contribution in [0.5, 0.6) is 0 Å². The SMILES string of the molecule is N=C(N)c1cc(Cl)ccc1Sc1nccs1. The lowest BCUT2D eigenvalue weighted by Crippen LogP contribution is -2.12. The molecule has 16 heavy (non-hydrogen) atoms. The van der Waals surface area contributed by atoms with Crippen LogP contribution in [0.2, 0.25) is 5.02 Å². The number of halogens is 1. The van der Waals surface area contributed by atoms with Crippen LogP contribution in [0.15, 0.2) is 39.0 Å². The molecule has 0 saturated heterocycles. The van der Waals surface area contributed by atoms with Crippen molar-refractivity contribution in [3.05, 3.63) is 40.4 Å². The summed E-state index contributed by atoms with van der Waals surface area (Å²) in [5, 5.41) is 9.98. The summed E-state index contributed by atoms with van der Waals surface area (Å²) in [6, 6.07) is 5.33. The summed E-state index contributed by atoms with van der Waals surface area (Å²) < 4.78 is 0.921. The molecule has 2 aromatic rings. The highest BCUT2D eigenvalue weighted by atomic mass is 35.5. The third-order valence-corrected chi connectivity index (χ3v) is 4.03. The highest BCUT2D eigenvalue weighted by Gasteiger charge is 2.09. The molecule has 0 unspecified atom stereocenters. The maximum atomic E-state index is 7.49. The number of benzene rings is 1. The highest BCUT2D eigenvalue weighted by Crippen LogP contribution is 2.32. The molecule has 1 aromatic heterocycles. The topological polar surface area (TPSA) is 62.8 Å². The van der Waals surface area contributed by atoms with Crippen molar-refractivity contribution in [1.29, 1.82) is 5.41 Å². The van der Waals surface area contributed by atoms with Crippen LogP contribution in [-0.4, -0.2) is 10.8 Å². The monoisotopic (exact) mass is 269 g/mol. The van der Waals surface area contributed by atoms with Gasteiger partial charge in [-0.1, -0.05) is 23.4 Å². The molecule has 0 saturated carbocycles. The molecule has 1 heterocycles. The summed E-state index contributed by atoms with van der Waals surface area (Å²) in [5.74, 6) is 0.0153. The Hall–Kier alpha value is -1.04. The molecule has 1 aromatic carbocycles. The van der Waals surface area contributed by atoms with Crippen molar-refractivity contribution >= 4 is 40.5 Å². The van der Waals surface area contributed by atoms with E-state index in [1.165, 1.54) is 11.8 Å². The Morgan fingerprint density at radius 1 is 1.50 bits per heavy atom. The van der Waals surface area contributed by atoms with Gasteiger partial charge in [-0.15, -0.1) is 11.3 Å². The van der Waals surface area contributed by atoms with E-state index in [9.17, 15) is 0 Å². The van der Waals surface area contributed by atoms with Crippen molar-refractivity contribution in [3.8, 4) is 0 Å². The number of nitrogens with one attached hydrogen (secondary N) is 1. The van der Waals surface area contributed by atoms with Crippen molar-refractivity contribution in [2.24, 2.45) is 5.73 Å². The summed E-state index contributed by atoms with van der Waals surface area (Å²) in [7, 11) is 0. The molecule has 6 heteroatoms. The lowest BCUT2D eigenvalue weighted by molar-refractivity contribution is 1.24. The van der Waals surface area contributed by atoms with Crippen LogP contribution >= 0.6 is 34.7 Å². The normalized spacial score (nSPS) is 10.3. The first-order valence-corrected chi connectivity index (χ1v) is 6.45. The molecule has 0 aliphatic heterocycles. The lowest BCUT2D eigenvalue weighted by atomic mass is 10.2. The summed E-state index contributed by atoms with van der Waals surface area (Å²) in [6.07, 6.45) is 1.75. The van der Waals surface area contributed by atoms with Crippen molar-refractivity contribution in [1.82, 2.24) is 4.98 Å².